The number of nitrogens with one attached hydrogen (secondary N) is 4. The van der Waals surface area contributed by atoms with E-state index in [2.05, 4.69) is 35.1 Å². The molecule has 51 nitrogen and oxygen atoms in total. The fourth-order valence-electron chi connectivity index (χ4n) is 19.7. The maximum atomic E-state index is 14.6. The van der Waals surface area contributed by atoms with E-state index in [1.54, 1.807) is 6.08 Å². The number of carboxylic acid groups (broad SMARTS) is 3. The molecular weight excluding hydrogens is 1960 g/mol. The average Bonchev–Trinajstić information content (AvgIpc) is 0.742. The molecule has 7 aliphatic heterocycles. The molecule has 0 aliphatic carbocycles. The number of Topliss-reactive ketones (excluding diaryl/α,β-unsaturated/α-hetero) is 1. The third-order valence-corrected chi connectivity index (χ3v) is 27.9. The lowest BCUT2D eigenvalue weighted by atomic mass is 9.86. The van der Waals surface area contributed by atoms with Crippen molar-refractivity contribution in [2.45, 2.75) is 485 Å². The highest BCUT2D eigenvalue weighted by Crippen LogP contribution is 2.46. The number of allylic oxidation sites excluding steroid dienone is 1. The SMILES string of the molecule is CCCCCCCCCCCCCC=CC(O)C(COC1OC(CO)C(OC2OC(CO)C(OC3OC(CO)C(O)C(OC4OC(CO)C(O)C(OC5(C(=O)O)CC(O)C(NC(C)=O)C(C(O)C(O)CO)O5)C4O)C3CC(C)=O)C(OC3(C(=O)O)CC(O)C(NC(C)=O)C(C(O)C(CO)OC4(C(=O)O)CC(O)C(NC(C)=O)C(C(O)C(O)CO)O4)O3)C2O)C(O)C1O)NC(=O)CCCCCCCCCCCCCCCCC. The number of amides is 4. The van der Waals surface area contributed by atoms with E-state index in [0.29, 0.717) is 12.8 Å². The van der Waals surface area contributed by atoms with Crippen molar-refractivity contribution in [2.24, 2.45) is 5.92 Å². The minimum atomic E-state index is -3.80. The van der Waals surface area contributed by atoms with Crippen molar-refractivity contribution in [1.82, 2.24) is 21.3 Å². The van der Waals surface area contributed by atoms with E-state index in [1.807, 2.05) is 0 Å². The van der Waals surface area contributed by atoms with Crippen LogP contribution < -0.4 is 21.3 Å². The van der Waals surface area contributed by atoms with E-state index in [0.717, 1.165) is 111 Å². The molecule has 0 aromatic carbocycles. The molecule has 0 radical (unpaired) electrons. The van der Waals surface area contributed by atoms with Gasteiger partial charge in [-0.2, -0.15) is 0 Å². The second-order valence-electron chi connectivity index (χ2n) is 39.6. The molecule has 4 amide bonds. The minimum absolute atomic E-state index is 0.0489. The van der Waals surface area contributed by atoms with Gasteiger partial charge in [0.05, 0.1) is 108 Å². The Bertz CT molecular complexity index is 3910. The zero-order valence-corrected chi connectivity index (χ0v) is 84.5. The molecular formula is C96H166N4O47. The van der Waals surface area contributed by atoms with Crippen LogP contribution in [-0.4, -0.2) is 465 Å². The van der Waals surface area contributed by atoms with E-state index in [9.17, 15) is 166 Å². The highest BCUT2D eigenvalue weighted by molar-refractivity contribution is 5.79. The van der Waals surface area contributed by atoms with Gasteiger partial charge >= 0.3 is 17.9 Å². The minimum Gasteiger partial charge on any atom is -0.477 e. The number of rotatable bonds is 67. The Balaban J connectivity index is 1.26. The molecule has 7 fully saturated rings. The zero-order chi connectivity index (χ0) is 109. The lowest BCUT2D eigenvalue weighted by molar-refractivity contribution is -0.409. The van der Waals surface area contributed by atoms with Gasteiger partial charge in [0.1, 0.15) is 146 Å². The number of hydrogen-bond donors (Lipinski definition) is 29. The summed E-state index contributed by atoms with van der Waals surface area (Å²) in [5, 5.41) is 296. The second-order valence-corrected chi connectivity index (χ2v) is 39.6. The fraction of sp³-hybridized carbons (Fsp3) is 0.896. The number of carboxylic acids is 3. The molecule has 852 valence electrons. The smallest absolute Gasteiger partial charge is 0.364 e. The van der Waals surface area contributed by atoms with Crippen LogP contribution in [0.15, 0.2) is 12.2 Å². The molecule has 147 heavy (non-hydrogen) atoms. The van der Waals surface area contributed by atoms with E-state index in [-0.39, 0.29) is 6.42 Å². The van der Waals surface area contributed by atoms with Gasteiger partial charge in [0.2, 0.25) is 23.6 Å². The summed E-state index contributed by atoms with van der Waals surface area (Å²) in [5.41, 5.74) is 0. The van der Waals surface area contributed by atoms with Crippen LogP contribution in [0.3, 0.4) is 0 Å². The van der Waals surface area contributed by atoms with Crippen LogP contribution in [0, 0.1) is 5.92 Å². The third-order valence-electron chi connectivity index (χ3n) is 27.9. The number of unbranched alkanes of at least 4 members (excludes halogenated alkanes) is 25. The molecule has 0 bridgehead atoms. The quantitative estimate of drug-likeness (QED) is 0.0199. The van der Waals surface area contributed by atoms with E-state index in [1.165, 1.54) is 83.1 Å². The Hall–Kier alpha value is -5.74. The predicted molar refractivity (Wildman–Crippen MR) is 502 cm³/mol. The van der Waals surface area contributed by atoms with Crippen LogP contribution in [0.4, 0.5) is 0 Å². The first-order valence-corrected chi connectivity index (χ1v) is 51.6. The van der Waals surface area contributed by atoms with Gasteiger partial charge in [0, 0.05) is 58.8 Å². The lowest BCUT2D eigenvalue weighted by Gasteiger charge is -2.53. The summed E-state index contributed by atoms with van der Waals surface area (Å²) in [6, 6.07) is -7.08. The van der Waals surface area contributed by atoms with Crippen molar-refractivity contribution < 1.29 is 232 Å². The lowest BCUT2D eigenvalue weighted by Crippen LogP contribution is -2.72. The molecule has 29 N–H and O–H groups in total. The van der Waals surface area contributed by atoms with Gasteiger partial charge in [-0.1, -0.05) is 180 Å². The maximum Gasteiger partial charge on any atom is 0.364 e. The Morgan fingerprint density at radius 2 is 0.748 bits per heavy atom. The monoisotopic (exact) mass is 2130 g/mol. The van der Waals surface area contributed by atoms with Gasteiger partial charge in [0.15, 0.2) is 25.2 Å². The summed E-state index contributed by atoms with van der Waals surface area (Å²) in [5.74, 6) is -23.8. The first-order chi connectivity index (χ1) is 69.9. The van der Waals surface area contributed by atoms with Crippen LogP contribution >= 0.6 is 0 Å². The number of carbonyl (C=O) groups excluding carboxylic acids is 5. The average molecular weight is 2130 g/mol. The van der Waals surface area contributed by atoms with E-state index >= 15 is 0 Å². The van der Waals surface area contributed by atoms with Crippen LogP contribution in [0.5, 0.6) is 0 Å². The third kappa shape index (κ3) is 36.2. The summed E-state index contributed by atoms with van der Waals surface area (Å²) in [7, 11) is 0. The van der Waals surface area contributed by atoms with E-state index in [4.69, 9.17) is 66.3 Å². The summed E-state index contributed by atoms with van der Waals surface area (Å²) >= 11 is 0. The van der Waals surface area contributed by atoms with E-state index < -0.39 is 369 Å². The largest absolute Gasteiger partial charge is 0.477 e. The summed E-state index contributed by atoms with van der Waals surface area (Å²) in [6.07, 6.45) is -48.3. The Labute approximate surface area is 853 Å². The van der Waals surface area contributed by atoms with Gasteiger partial charge < -0.3 is 220 Å². The van der Waals surface area contributed by atoms with Crippen molar-refractivity contribution in [3.63, 3.8) is 0 Å². The van der Waals surface area contributed by atoms with Crippen molar-refractivity contribution in [1.29, 1.82) is 0 Å². The maximum absolute atomic E-state index is 14.6. The van der Waals surface area contributed by atoms with Crippen molar-refractivity contribution in [3.8, 4) is 0 Å². The van der Waals surface area contributed by atoms with Gasteiger partial charge in [-0.15, -0.1) is 0 Å². The van der Waals surface area contributed by atoms with Crippen LogP contribution in [0.1, 0.15) is 247 Å². The number of aliphatic hydroxyl groups excluding tert-OH is 22. The summed E-state index contributed by atoms with van der Waals surface area (Å²) in [4.78, 5) is 108. The first kappa shape index (κ1) is 128. The molecule has 0 spiro atoms. The van der Waals surface area contributed by atoms with Gasteiger partial charge in [-0.3, -0.25) is 19.2 Å². The molecule has 7 saturated heterocycles. The number of carbonyl (C=O) groups is 8. The highest BCUT2D eigenvalue weighted by Gasteiger charge is 2.66. The molecule has 40 unspecified atom stereocenters. The first-order valence-electron chi connectivity index (χ1n) is 51.6. The normalized spacial score (nSPS) is 35.5. The molecule has 0 aromatic rings. The standard InChI is InChI=1S/C96H166N4O47/c1-7-9-11-13-15-17-19-21-22-24-26-28-30-32-34-36-66(118)100-54(55(112)35-33-31-29-27-25-23-20-18-16-14-12-10-8-2)48-134-88-76(125)75(124)80(64(46-106)137-88)140-90-78(127)86(147-96(93(132)133)40-58(115)69(99-52(6)111)84(145-96)74(123)63(45-105)142-94(91(128)129)38-56(113)67(97-50(4)109)82(143-94)70(119)59(116)41-101)81(65(47-107)138-90)141-87-53(37-49(3)108)79(72(121)61(43-103)135-87)139-89-77(126)85(73(122)62(44-104)136-89)146-95(92(130)131)39-57(114)68(98-51(5)110)83(144-95)71(120)60(117)42-102/h33,35,53-65,67-90,101-107,112-117,119-127H,7-32,34,36-48H2,1-6H3,(H,97,109)(H,98,110)(H,99,111)(H,100,118)(H,128,129)(H,130,131)(H,132,133). The molecule has 51 heteroatoms. The molecule has 0 saturated carbocycles. The number of aliphatic hydroxyl groups is 22. The highest BCUT2D eigenvalue weighted by atomic mass is 16.8. The van der Waals surface area contributed by atoms with Crippen LogP contribution in [0.2, 0.25) is 0 Å². The molecule has 7 aliphatic rings. The Morgan fingerprint density at radius 1 is 0.388 bits per heavy atom. The molecule has 7 rings (SSSR count). The summed E-state index contributed by atoms with van der Waals surface area (Å²) < 4.78 is 84.9. The number of ketones is 1. The molecule has 7 heterocycles. The fourth-order valence-corrected chi connectivity index (χ4v) is 19.7. The van der Waals surface area contributed by atoms with Crippen LogP contribution in [0.25, 0.3) is 0 Å². The molecule has 0 aromatic heterocycles. The van der Waals surface area contributed by atoms with Crippen LogP contribution in [-0.2, 0) is 105 Å². The number of hydrogen-bond acceptors (Lipinski definition) is 44. The van der Waals surface area contributed by atoms with Crippen molar-refractivity contribution in [3.05, 3.63) is 12.2 Å². The Kier molecular flexibility index (Phi) is 55.2. The molecule has 40 atom stereocenters. The van der Waals surface area contributed by atoms with Crippen molar-refractivity contribution in [2.75, 3.05) is 52.9 Å². The van der Waals surface area contributed by atoms with Crippen molar-refractivity contribution >= 4 is 47.3 Å². The van der Waals surface area contributed by atoms with Gasteiger partial charge in [-0.05, 0) is 26.2 Å². The second kappa shape index (κ2) is 63.3. The topological polar surface area (TPSA) is 820 Å². The number of aliphatic carboxylic acids is 3. The Morgan fingerprint density at radius 3 is 1.16 bits per heavy atom. The number of ether oxygens (including phenoxy) is 14. The van der Waals surface area contributed by atoms with Gasteiger partial charge in [-0.25, -0.2) is 14.4 Å². The summed E-state index contributed by atoms with van der Waals surface area (Å²) in [6.45, 7) is -2.07. The van der Waals surface area contributed by atoms with Gasteiger partial charge in [0.25, 0.3) is 17.4 Å². The predicted octanol–water partition coefficient (Wildman–Crippen LogP) is -5.60. The zero-order valence-electron chi connectivity index (χ0n) is 84.5.